The molecule has 9 rings (SSSR count). The number of ether oxygens (including phenoxy) is 1. The van der Waals surface area contributed by atoms with Crippen molar-refractivity contribution < 1.29 is 24.5 Å². The van der Waals surface area contributed by atoms with Crippen molar-refractivity contribution in [2.45, 2.75) is 83.8 Å². The fourth-order valence-corrected chi connectivity index (χ4v) is 12.5. The third-order valence-electron chi connectivity index (χ3n) is 14.4. The highest BCUT2D eigenvalue weighted by molar-refractivity contribution is 7.09. The minimum absolute atomic E-state index is 0.00703. The minimum atomic E-state index is -1.15. The molecule has 0 radical (unpaired) electrons. The number of nitrogens with zero attached hydrogens (tertiary/aromatic N) is 1. The van der Waals surface area contributed by atoms with E-state index >= 15 is 4.79 Å². The predicted molar refractivity (Wildman–Crippen MR) is 201 cm³/mol. The van der Waals surface area contributed by atoms with Crippen molar-refractivity contribution in [2.75, 3.05) is 19.7 Å². The maximum atomic E-state index is 15.4. The molecule has 3 aromatic rings. The fourth-order valence-electron chi connectivity index (χ4n) is 11.8. The molecule has 268 valence electrons. The second-order valence-electron chi connectivity index (χ2n) is 16.5. The lowest BCUT2D eigenvalue weighted by Gasteiger charge is -2.71. The molecular formula is C44H51NO5S. The standard InChI is InChI=1S/C44H51NO5S/c1-4-50-39(48)45(25-19-32-13-10-26-51-32)29-43(49)22-18-37-41(43,3)21-17-36-40(2)20-16-31(46)27-42(40)23-24-44(36,37)35(28-42)38(47)34-15-9-8-14-33(34)30-11-6-5-7-12-30/h5-15,23-24,26,28,31,36-37,46,49H,4,16-22,25,27,29H2,1-3H3/t31?,36-,37-,40-,41+,42+,43-,44-/m1/s1. The number of hydrogen-bond donors (Lipinski definition) is 2. The van der Waals surface area contributed by atoms with Crippen molar-refractivity contribution in [3.05, 3.63) is 106 Å². The molecule has 51 heavy (non-hydrogen) atoms. The Hall–Kier alpha value is -3.52. The minimum Gasteiger partial charge on any atom is -0.450 e. The largest absolute Gasteiger partial charge is 0.450 e. The third-order valence-corrected chi connectivity index (χ3v) is 15.3. The van der Waals surface area contributed by atoms with Crippen LogP contribution in [-0.4, -0.2) is 58.4 Å². The monoisotopic (exact) mass is 705 g/mol. The van der Waals surface area contributed by atoms with Gasteiger partial charge < -0.3 is 19.8 Å². The number of carbonyl (C=O) groups excluding carboxylic acids is 2. The first kappa shape index (κ1) is 34.6. The Morgan fingerprint density at radius 1 is 0.902 bits per heavy atom. The average Bonchev–Trinajstić information content (AvgIpc) is 3.75. The van der Waals surface area contributed by atoms with E-state index in [1.165, 1.54) is 4.88 Å². The van der Waals surface area contributed by atoms with Crippen LogP contribution in [0.15, 0.2) is 95.9 Å². The molecule has 6 aliphatic carbocycles. The molecule has 2 spiro atoms. The summed E-state index contributed by atoms with van der Waals surface area (Å²) in [5, 5.41) is 26.1. The predicted octanol–water partition coefficient (Wildman–Crippen LogP) is 8.89. The maximum absolute atomic E-state index is 15.4. The Labute approximate surface area is 306 Å². The molecule has 2 aromatic carbocycles. The van der Waals surface area contributed by atoms with Gasteiger partial charge in [0, 0.05) is 38.8 Å². The molecule has 1 amide bonds. The average molecular weight is 706 g/mol. The van der Waals surface area contributed by atoms with E-state index in [2.05, 4.69) is 50.3 Å². The lowest BCUT2D eigenvalue weighted by molar-refractivity contribution is -0.175. The Kier molecular flexibility index (Phi) is 8.51. The number of hydrogen-bond acceptors (Lipinski definition) is 6. The summed E-state index contributed by atoms with van der Waals surface area (Å²) in [6, 6.07) is 22.2. The van der Waals surface area contributed by atoms with Gasteiger partial charge in [0.2, 0.25) is 0 Å². The number of allylic oxidation sites excluding steroid dienone is 4. The molecule has 3 saturated carbocycles. The second-order valence-corrected chi connectivity index (χ2v) is 17.5. The van der Waals surface area contributed by atoms with Crippen molar-refractivity contribution in [1.82, 2.24) is 4.90 Å². The van der Waals surface area contributed by atoms with Crippen molar-refractivity contribution in [1.29, 1.82) is 0 Å². The highest BCUT2D eigenvalue weighted by atomic mass is 32.1. The van der Waals surface area contributed by atoms with Crippen molar-refractivity contribution >= 4 is 23.2 Å². The molecule has 3 fully saturated rings. The summed E-state index contributed by atoms with van der Waals surface area (Å²) in [5.41, 5.74) is 0.645. The summed E-state index contributed by atoms with van der Waals surface area (Å²) in [6.07, 6.45) is 12.2. The molecule has 8 atom stereocenters. The zero-order chi connectivity index (χ0) is 35.6. The van der Waals surface area contributed by atoms with Crippen LogP contribution in [0.4, 0.5) is 4.79 Å². The lowest BCUT2D eigenvalue weighted by atomic mass is 9.32. The number of carbonyl (C=O) groups is 2. The molecule has 1 heterocycles. The Morgan fingerprint density at radius 3 is 2.39 bits per heavy atom. The number of aliphatic hydroxyl groups is 2. The number of Topliss-reactive ketones (excluding diaryl/α,β-unsaturated/α-hetero) is 1. The quantitative estimate of drug-likeness (QED) is 0.172. The summed E-state index contributed by atoms with van der Waals surface area (Å²) >= 11 is 1.67. The third kappa shape index (κ3) is 5.08. The SMILES string of the molecule is CCOC(=O)N(CCc1cccs1)C[C@]1(O)CC[C@H]2[C@]34C=C[C@@]5(C=C3C(=O)c3ccccc3-c3ccccc3)CC(O)CC[C@]5(C)[C@H]4CC[C@@]21C. The molecule has 1 unspecified atom stereocenters. The highest BCUT2D eigenvalue weighted by Crippen LogP contribution is 2.78. The van der Waals surface area contributed by atoms with Gasteiger partial charge in [-0.2, -0.15) is 0 Å². The van der Waals surface area contributed by atoms with Gasteiger partial charge >= 0.3 is 6.09 Å². The van der Waals surface area contributed by atoms with Crippen LogP contribution in [-0.2, 0) is 11.2 Å². The molecule has 7 heteroatoms. The first-order valence-corrected chi connectivity index (χ1v) is 19.9. The van der Waals surface area contributed by atoms with Gasteiger partial charge in [0.05, 0.1) is 24.9 Å². The topological polar surface area (TPSA) is 87.1 Å². The van der Waals surface area contributed by atoms with Gasteiger partial charge in [-0.15, -0.1) is 11.3 Å². The number of fused-ring (bicyclic) bond motifs is 1. The summed E-state index contributed by atoms with van der Waals surface area (Å²) in [4.78, 5) is 31.7. The van der Waals surface area contributed by atoms with Gasteiger partial charge in [-0.05, 0) is 98.1 Å². The number of amides is 1. The van der Waals surface area contributed by atoms with Crippen molar-refractivity contribution in [3.8, 4) is 11.1 Å². The summed E-state index contributed by atoms with van der Waals surface area (Å²) in [6.45, 7) is 7.41. The number of ketones is 1. The van der Waals surface area contributed by atoms with E-state index in [0.717, 1.165) is 48.8 Å². The molecule has 6 aliphatic rings. The maximum Gasteiger partial charge on any atom is 0.409 e. The van der Waals surface area contributed by atoms with Crippen molar-refractivity contribution in [2.24, 2.45) is 33.5 Å². The zero-order valence-corrected chi connectivity index (χ0v) is 31.0. The number of benzene rings is 2. The molecule has 0 saturated heterocycles. The second kappa shape index (κ2) is 12.6. The van der Waals surface area contributed by atoms with Crippen LogP contribution in [0.5, 0.6) is 0 Å². The van der Waals surface area contributed by atoms with Crippen LogP contribution in [0.1, 0.15) is 81.0 Å². The lowest BCUT2D eigenvalue weighted by Crippen LogP contribution is -2.67. The van der Waals surface area contributed by atoms with E-state index < -0.39 is 27.9 Å². The molecule has 2 bridgehead atoms. The van der Waals surface area contributed by atoms with Crippen LogP contribution in [0, 0.1) is 33.5 Å². The smallest absolute Gasteiger partial charge is 0.409 e. The van der Waals surface area contributed by atoms with Crippen LogP contribution in [0.2, 0.25) is 0 Å². The molecule has 2 N–H and O–H groups in total. The Balaban J connectivity index is 1.22. The number of aliphatic hydroxyl groups excluding tert-OH is 1. The van der Waals surface area contributed by atoms with E-state index in [9.17, 15) is 15.0 Å². The van der Waals surface area contributed by atoms with Gasteiger partial charge in [-0.25, -0.2) is 4.79 Å². The van der Waals surface area contributed by atoms with Gasteiger partial charge in [-0.3, -0.25) is 4.79 Å². The normalized spacial score (nSPS) is 36.1. The van der Waals surface area contributed by atoms with E-state index in [0.29, 0.717) is 31.4 Å². The molecule has 0 aliphatic heterocycles. The van der Waals surface area contributed by atoms with Crippen LogP contribution >= 0.6 is 11.3 Å². The van der Waals surface area contributed by atoms with Gasteiger partial charge in [0.1, 0.15) is 0 Å². The van der Waals surface area contributed by atoms with E-state index in [-0.39, 0.29) is 42.3 Å². The zero-order valence-electron chi connectivity index (χ0n) is 30.1. The fraction of sp³-hybridized carbons (Fsp3) is 0.500. The first-order chi connectivity index (χ1) is 24.5. The van der Waals surface area contributed by atoms with Crippen molar-refractivity contribution in [3.63, 3.8) is 0 Å². The van der Waals surface area contributed by atoms with Crippen LogP contribution in [0.3, 0.4) is 0 Å². The summed E-state index contributed by atoms with van der Waals surface area (Å²) < 4.78 is 5.55. The van der Waals surface area contributed by atoms with Gasteiger partial charge in [0.25, 0.3) is 0 Å². The van der Waals surface area contributed by atoms with Crippen LogP contribution in [0.25, 0.3) is 11.1 Å². The summed E-state index contributed by atoms with van der Waals surface area (Å²) in [5.74, 6) is 0.234. The summed E-state index contributed by atoms with van der Waals surface area (Å²) in [7, 11) is 0. The molecular weight excluding hydrogens is 655 g/mol. The van der Waals surface area contributed by atoms with E-state index in [1.807, 2.05) is 60.8 Å². The van der Waals surface area contributed by atoms with Gasteiger partial charge in [-0.1, -0.05) is 92.7 Å². The molecule has 6 nitrogen and oxygen atoms in total. The molecule has 1 aromatic heterocycles. The Morgan fingerprint density at radius 2 is 1.63 bits per heavy atom. The number of thiophene rings is 1. The first-order valence-electron chi connectivity index (χ1n) is 19.0. The van der Waals surface area contributed by atoms with E-state index in [4.69, 9.17) is 4.74 Å². The Bertz CT molecular complexity index is 1870. The number of rotatable bonds is 9. The highest BCUT2D eigenvalue weighted by Gasteiger charge is 2.74. The van der Waals surface area contributed by atoms with Crippen LogP contribution < -0.4 is 0 Å². The van der Waals surface area contributed by atoms with Gasteiger partial charge in [0.15, 0.2) is 5.78 Å². The van der Waals surface area contributed by atoms with E-state index in [1.54, 1.807) is 16.2 Å².